The van der Waals surface area contributed by atoms with Crippen molar-refractivity contribution < 1.29 is 17.6 Å². The van der Waals surface area contributed by atoms with Crippen LogP contribution in [0.3, 0.4) is 0 Å². The number of hydrogen-bond acceptors (Lipinski definition) is 2. The van der Waals surface area contributed by atoms with E-state index >= 15 is 0 Å². The van der Waals surface area contributed by atoms with Gasteiger partial charge < -0.3 is 11.5 Å². The fourth-order valence-corrected chi connectivity index (χ4v) is 1.34. The SMILES string of the molecule is NCC[C@@H](N)c1ccc(C(F)(F)F)cc1F. The third kappa shape index (κ3) is 2.93. The summed E-state index contributed by atoms with van der Waals surface area (Å²) >= 11 is 0. The van der Waals surface area contributed by atoms with Crippen molar-refractivity contribution >= 4 is 0 Å². The maximum Gasteiger partial charge on any atom is 0.416 e. The van der Waals surface area contributed by atoms with Crippen LogP contribution in [0.15, 0.2) is 18.2 Å². The first-order valence-electron chi connectivity index (χ1n) is 4.68. The van der Waals surface area contributed by atoms with Gasteiger partial charge in [-0.25, -0.2) is 4.39 Å². The third-order valence-electron chi connectivity index (χ3n) is 2.20. The lowest BCUT2D eigenvalue weighted by molar-refractivity contribution is -0.137. The van der Waals surface area contributed by atoms with E-state index in [4.69, 9.17) is 11.5 Å². The second-order valence-corrected chi connectivity index (χ2v) is 3.42. The average molecular weight is 236 g/mol. The van der Waals surface area contributed by atoms with Gasteiger partial charge in [0.15, 0.2) is 0 Å². The van der Waals surface area contributed by atoms with Crippen molar-refractivity contribution in [1.29, 1.82) is 0 Å². The van der Waals surface area contributed by atoms with E-state index in [1.807, 2.05) is 0 Å². The molecule has 0 aliphatic heterocycles. The zero-order valence-electron chi connectivity index (χ0n) is 8.39. The van der Waals surface area contributed by atoms with Crippen LogP contribution in [-0.2, 0) is 6.18 Å². The molecule has 0 radical (unpaired) electrons. The second kappa shape index (κ2) is 4.80. The lowest BCUT2D eigenvalue weighted by Crippen LogP contribution is -2.17. The zero-order valence-corrected chi connectivity index (χ0v) is 8.39. The molecular weight excluding hydrogens is 224 g/mol. The van der Waals surface area contributed by atoms with Gasteiger partial charge in [-0.3, -0.25) is 0 Å². The normalized spacial score (nSPS) is 13.9. The molecule has 0 bridgehead atoms. The van der Waals surface area contributed by atoms with Crippen LogP contribution in [0.25, 0.3) is 0 Å². The minimum Gasteiger partial charge on any atom is -0.330 e. The summed E-state index contributed by atoms with van der Waals surface area (Å²) in [6, 6.07) is 1.64. The van der Waals surface area contributed by atoms with Gasteiger partial charge in [-0.2, -0.15) is 13.2 Å². The Morgan fingerprint density at radius 2 is 1.88 bits per heavy atom. The fraction of sp³-hybridized carbons (Fsp3) is 0.400. The van der Waals surface area contributed by atoms with E-state index in [-0.39, 0.29) is 12.1 Å². The molecule has 1 aromatic rings. The lowest BCUT2D eigenvalue weighted by atomic mass is 10.0. The van der Waals surface area contributed by atoms with Crippen molar-refractivity contribution in [2.45, 2.75) is 18.6 Å². The second-order valence-electron chi connectivity index (χ2n) is 3.42. The molecule has 0 unspecified atom stereocenters. The summed E-state index contributed by atoms with van der Waals surface area (Å²) in [6.07, 6.45) is -4.22. The smallest absolute Gasteiger partial charge is 0.330 e. The summed E-state index contributed by atoms with van der Waals surface area (Å²) in [4.78, 5) is 0. The van der Waals surface area contributed by atoms with Gasteiger partial charge in [0.2, 0.25) is 0 Å². The minimum absolute atomic E-state index is 0.0541. The zero-order chi connectivity index (χ0) is 12.3. The fourth-order valence-electron chi connectivity index (χ4n) is 1.34. The molecular formula is C10H12F4N2. The molecule has 1 aromatic carbocycles. The standard InChI is InChI=1S/C10H12F4N2/c11-8-5-6(10(12,13)14)1-2-7(8)9(16)3-4-15/h1-2,5,9H,3-4,15-16H2/t9-/m1/s1. The van der Waals surface area contributed by atoms with Crippen molar-refractivity contribution in [1.82, 2.24) is 0 Å². The van der Waals surface area contributed by atoms with E-state index in [9.17, 15) is 17.6 Å². The van der Waals surface area contributed by atoms with E-state index in [0.29, 0.717) is 12.5 Å². The summed E-state index contributed by atoms with van der Waals surface area (Å²) in [5.74, 6) is -0.948. The van der Waals surface area contributed by atoms with Gasteiger partial charge in [0.05, 0.1) is 5.56 Å². The number of benzene rings is 1. The highest BCUT2D eigenvalue weighted by Gasteiger charge is 2.31. The van der Waals surface area contributed by atoms with Crippen LogP contribution in [0.4, 0.5) is 17.6 Å². The molecule has 90 valence electrons. The Hall–Kier alpha value is -1.14. The molecule has 0 aliphatic rings. The molecule has 16 heavy (non-hydrogen) atoms. The largest absolute Gasteiger partial charge is 0.416 e. The maximum absolute atomic E-state index is 13.3. The third-order valence-corrected chi connectivity index (χ3v) is 2.20. The lowest BCUT2D eigenvalue weighted by Gasteiger charge is -2.13. The molecule has 0 saturated carbocycles. The van der Waals surface area contributed by atoms with Crippen LogP contribution in [0.2, 0.25) is 0 Å². The molecule has 0 spiro atoms. The van der Waals surface area contributed by atoms with Crippen molar-refractivity contribution in [3.63, 3.8) is 0 Å². The molecule has 0 amide bonds. The van der Waals surface area contributed by atoms with Crippen LogP contribution in [0, 0.1) is 5.82 Å². The molecule has 6 heteroatoms. The molecule has 4 N–H and O–H groups in total. The Kier molecular flexibility index (Phi) is 3.88. The summed E-state index contributed by atoms with van der Waals surface area (Å²) < 4.78 is 50.0. The molecule has 1 atom stereocenters. The quantitative estimate of drug-likeness (QED) is 0.790. The highest BCUT2D eigenvalue weighted by molar-refractivity contribution is 5.28. The number of hydrogen-bond donors (Lipinski definition) is 2. The highest BCUT2D eigenvalue weighted by atomic mass is 19.4. The summed E-state index contributed by atoms with van der Waals surface area (Å²) in [6.45, 7) is 0.252. The van der Waals surface area contributed by atoms with E-state index in [0.717, 1.165) is 12.1 Å². The van der Waals surface area contributed by atoms with Crippen molar-refractivity contribution in [2.24, 2.45) is 11.5 Å². The molecule has 0 fully saturated rings. The maximum atomic E-state index is 13.3. The van der Waals surface area contributed by atoms with E-state index in [2.05, 4.69) is 0 Å². The predicted octanol–water partition coefficient (Wildman–Crippen LogP) is 2.19. The number of rotatable bonds is 3. The Morgan fingerprint density at radius 3 is 2.31 bits per heavy atom. The van der Waals surface area contributed by atoms with Crippen LogP contribution in [0.1, 0.15) is 23.6 Å². The van der Waals surface area contributed by atoms with Crippen LogP contribution >= 0.6 is 0 Å². The first kappa shape index (κ1) is 12.9. The molecule has 0 heterocycles. The van der Waals surface area contributed by atoms with Crippen molar-refractivity contribution in [3.05, 3.63) is 35.1 Å². The first-order valence-corrected chi connectivity index (χ1v) is 4.68. The highest BCUT2D eigenvalue weighted by Crippen LogP contribution is 2.31. The van der Waals surface area contributed by atoms with Gasteiger partial charge in [-0.1, -0.05) is 6.07 Å². The number of alkyl halides is 3. The predicted molar refractivity (Wildman–Crippen MR) is 52.0 cm³/mol. The van der Waals surface area contributed by atoms with Gasteiger partial charge >= 0.3 is 6.18 Å². The van der Waals surface area contributed by atoms with E-state index in [1.54, 1.807) is 0 Å². The number of halogens is 4. The molecule has 0 aromatic heterocycles. The summed E-state index contributed by atoms with van der Waals surface area (Å²) in [7, 11) is 0. The topological polar surface area (TPSA) is 52.0 Å². The van der Waals surface area contributed by atoms with Crippen molar-refractivity contribution in [2.75, 3.05) is 6.54 Å². The van der Waals surface area contributed by atoms with Crippen LogP contribution in [-0.4, -0.2) is 6.54 Å². The van der Waals surface area contributed by atoms with Gasteiger partial charge in [0, 0.05) is 11.6 Å². The Balaban J connectivity index is 3.00. The average Bonchev–Trinajstić information content (AvgIpc) is 2.16. The summed E-state index contributed by atoms with van der Waals surface area (Å²) in [5.41, 5.74) is 9.83. The van der Waals surface area contributed by atoms with Gasteiger partial charge in [0.1, 0.15) is 5.82 Å². The van der Waals surface area contributed by atoms with Crippen LogP contribution in [0.5, 0.6) is 0 Å². The van der Waals surface area contributed by atoms with Gasteiger partial charge in [-0.15, -0.1) is 0 Å². The molecule has 0 aliphatic carbocycles. The molecule has 2 nitrogen and oxygen atoms in total. The monoisotopic (exact) mass is 236 g/mol. The number of nitrogens with two attached hydrogens (primary N) is 2. The first-order chi connectivity index (χ1) is 7.36. The minimum atomic E-state index is -4.54. The van der Waals surface area contributed by atoms with Gasteiger partial charge in [0.25, 0.3) is 0 Å². The molecule has 1 rings (SSSR count). The van der Waals surface area contributed by atoms with Crippen molar-refractivity contribution in [3.8, 4) is 0 Å². The van der Waals surface area contributed by atoms with E-state index < -0.39 is 23.6 Å². The van der Waals surface area contributed by atoms with Crippen LogP contribution < -0.4 is 11.5 Å². The van der Waals surface area contributed by atoms with E-state index in [1.165, 1.54) is 0 Å². The summed E-state index contributed by atoms with van der Waals surface area (Å²) in [5, 5.41) is 0. The molecule has 0 saturated heterocycles. The Labute approximate surface area is 90.2 Å². The van der Waals surface area contributed by atoms with Gasteiger partial charge in [-0.05, 0) is 25.1 Å². The Morgan fingerprint density at radius 1 is 1.25 bits per heavy atom. The Bertz CT molecular complexity index is 362.